The van der Waals surface area contributed by atoms with Crippen LogP contribution in [0.1, 0.15) is 43.2 Å². The zero-order valence-electron chi connectivity index (χ0n) is 19.6. The molecule has 32 heavy (non-hydrogen) atoms. The van der Waals surface area contributed by atoms with E-state index in [1.54, 1.807) is 0 Å². The van der Waals surface area contributed by atoms with Crippen LogP contribution in [0.5, 0.6) is 0 Å². The molecule has 3 aromatic rings. The van der Waals surface area contributed by atoms with Gasteiger partial charge in [-0.2, -0.15) is 0 Å². The minimum atomic E-state index is -0.303. The molecule has 0 aliphatic carbocycles. The van der Waals surface area contributed by atoms with E-state index in [9.17, 15) is 10.1 Å². The maximum absolute atomic E-state index is 12.3. The Kier molecular flexibility index (Phi) is 7.13. The first kappa shape index (κ1) is 23.3. The fourth-order valence-electron chi connectivity index (χ4n) is 3.54. The van der Waals surface area contributed by atoms with Crippen molar-refractivity contribution in [3.8, 4) is 0 Å². The standard InChI is InChI=1S/C26H32N4O2/c1-19-20(2)28-25(24(30(31)32)23(19)27-18-26(3,4)5)29(16-21-12-8-6-9-13-21)17-22-14-10-7-11-15-22/h6-15H,16-18H2,1-5H3,(H,27,28). The predicted molar refractivity (Wildman–Crippen MR) is 131 cm³/mol. The van der Waals surface area contributed by atoms with E-state index in [0.717, 1.165) is 22.4 Å². The third kappa shape index (κ3) is 5.84. The lowest BCUT2D eigenvalue weighted by Gasteiger charge is -2.27. The highest BCUT2D eigenvalue weighted by molar-refractivity contribution is 5.77. The van der Waals surface area contributed by atoms with E-state index in [4.69, 9.17) is 4.98 Å². The average molecular weight is 433 g/mol. The van der Waals surface area contributed by atoms with E-state index in [2.05, 4.69) is 26.1 Å². The molecule has 0 unspecified atom stereocenters. The summed E-state index contributed by atoms with van der Waals surface area (Å²) >= 11 is 0. The molecular formula is C26H32N4O2. The van der Waals surface area contributed by atoms with Gasteiger partial charge in [0.1, 0.15) is 5.69 Å². The van der Waals surface area contributed by atoms with E-state index < -0.39 is 0 Å². The van der Waals surface area contributed by atoms with Crippen LogP contribution in [0.2, 0.25) is 0 Å². The monoisotopic (exact) mass is 432 g/mol. The summed E-state index contributed by atoms with van der Waals surface area (Å²) in [4.78, 5) is 18.8. The van der Waals surface area contributed by atoms with Gasteiger partial charge in [0.2, 0.25) is 5.82 Å². The topological polar surface area (TPSA) is 71.3 Å². The summed E-state index contributed by atoms with van der Waals surface area (Å²) in [6.07, 6.45) is 0. The van der Waals surface area contributed by atoms with Crippen molar-refractivity contribution in [2.45, 2.75) is 47.7 Å². The Morgan fingerprint density at radius 1 is 0.938 bits per heavy atom. The van der Waals surface area contributed by atoms with Gasteiger partial charge in [0, 0.05) is 30.9 Å². The Bertz CT molecular complexity index is 1020. The van der Waals surface area contributed by atoms with Crippen molar-refractivity contribution in [1.29, 1.82) is 0 Å². The molecule has 0 radical (unpaired) electrons. The number of hydrogen-bond donors (Lipinski definition) is 1. The molecule has 0 atom stereocenters. The highest BCUT2D eigenvalue weighted by atomic mass is 16.6. The van der Waals surface area contributed by atoms with Gasteiger partial charge in [-0.15, -0.1) is 0 Å². The number of nitrogens with one attached hydrogen (secondary N) is 1. The van der Waals surface area contributed by atoms with Gasteiger partial charge >= 0.3 is 5.69 Å². The molecule has 0 saturated heterocycles. The molecule has 2 aromatic carbocycles. The van der Waals surface area contributed by atoms with Gasteiger partial charge in [-0.1, -0.05) is 81.4 Å². The van der Waals surface area contributed by atoms with Crippen molar-refractivity contribution < 1.29 is 4.92 Å². The van der Waals surface area contributed by atoms with Crippen LogP contribution in [0, 0.1) is 29.4 Å². The molecular weight excluding hydrogens is 400 g/mol. The van der Waals surface area contributed by atoms with E-state index in [1.165, 1.54) is 0 Å². The molecule has 1 heterocycles. The SMILES string of the molecule is Cc1nc(N(Cc2ccccc2)Cc2ccccc2)c([N+](=O)[O-])c(NCC(C)(C)C)c1C. The summed E-state index contributed by atoms with van der Waals surface area (Å²) in [5.41, 5.74) is 4.30. The molecule has 0 aliphatic heterocycles. The third-order valence-corrected chi connectivity index (χ3v) is 5.35. The van der Waals surface area contributed by atoms with Gasteiger partial charge in [-0.3, -0.25) is 10.1 Å². The number of benzene rings is 2. The zero-order chi connectivity index (χ0) is 23.3. The molecule has 0 fully saturated rings. The number of nitrogens with zero attached hydrogens (tertiary/aromatic N) is 3. The average Bonchev–Trinajstić information content (AvgIpc) is 2.74. The highest BCUT2D eigenvalue weighted by Crippen LogP contribution is 2.39. The Balaban J connectivity index is 2.13. The lowest BCUT2D eigenvalue weighted by molar-refractivity contribution is -0.383. The molecule has 168 valence electrons. The minimum absolute atomic E-state index is 0.0224. The third-order valence-electron chi connectivity index (χ3n) is 5.35. The van der Waals surface area contributed by atoms with Crippen LogP contribution in [0.25, 0.3) is 0 Å². The van der Waals surface area contributed by atoms with Crippen LogP contribution < -0.4 is 10.2 Å². The van der Waals surface area contributed by atoms with Gasteiger partial charge in [0.25, 0.3) is 0 Å². The van der Waals surface area contributed by atoms with E-state index in [-0.39, 0.29) is 16.0 Å². The lowest BCUT2D eigenvalue weighted by atomic mass is 9.96. The fraction of sp³-hybridized carbons (Fsp3) is 0.346. The Hall–Kier alpha value is -3.41. The second kappa shape index (κ2) is 9.81. The first-order valence-corrected chi connectivity index (χ1v) is 10.9. The molecule has 0 spiro atoms. The number of nitro groups is 1. The number of anilines is 2. The summed E-state index contributed by atoms with van der Waals surface area (Å²) in [6.45, 7) is 11.8. The molecule has 0 saturated carbocycles. The number of rotatable bonds is 8. The normalized spacial score (nSPS) is 11.3. The van der Waals surface area contributed by atoms with Crippen molar-refractivity contribution in [2.75, 3.05) is 16.8 Å². The molecule has 0 bridgehead atoms. The van der Waals surface area contributed by atoms with Gasteiger partial charge in [-0.05, 0) is 30.4 Å². The summed E-state index contributed by atoms with van der Waals surface area (Å²) in [7, 11) is 0. The van der Waals surface area contributed by atoms with Crippen molar-refractivity contribution in [3.05, 3.63) is 93.2 Å². The van der Waals surface area contributed by atoms with Crippen LogP contribution in [0.3, 0.4) is 0 Å². The Labute approximate surface area is 190 Å². The fourth-order valence-corrected chi connectivity index (χ4v) is 3.54. The maximum Gasteiger partial charge on any atom is 0.334 e. The summed E-state index contributed by atoms with van der Waals surface area (Å²) in [5.74, 6) is 0.391. The summed E-state index contributed by atoms with van der Waals surface area (Å²) < 4.78 is 0. The van der Waals surface area contributed by atoms with Crippen LogP contribution in [-0.2, 0) is 13.1 Å². The molecule has 6 nitrogen and oxygen atoms in total. The number of hydrogen-bond acceptors (Lipinski definition) is 5. The Morgan fingerprint density at radius 2 is 1.44 bits per heavy atom. The first-order chi connectivity index (χ1) is 15.2. The van der Waals surface area contributed by atoms with Gasteiger partial charge in [0.05, 0.1) is 4.92 Å². The second-order valence-corrected chi connectivity index (χ2v) is 9.37. The molecule has 6 heteroatoms. The van der Waals surface area contributed by atoms with E-state index >= 15 is 0 Å². The smallest absolute Gasteiger partial charge is 0.334 e. The number of aryl methyl sites for hydroxylation is 1. The van der Waals surface area contributed by atoms with E-state index in [1.807, 2.05) is 79.4 Å². The zero-order valence-corrected chi connectivity index (χ0v) is 19.6. The molecule has 0 aliphatic rings. The van der Waals surface area contributed by atoms with Crippen LogP contribution in [0.4, 0.5) is 17.2 Å². The van der Waals surface area contributed by atoms with Crippen molar-refractivity contribution in [3.63, 3.8) is 0 Å². The number of pyridine rings is 1. The van der Waals surface area contributed by atoms with Crippen LogP contribution in [0.15, 0.2) is 60.7 Å². The van der Waals surface area contributed by atoms with Crippen molar-refractivity contribution >= 4 is 17.2 Å². The maximum atomic E-state index is 12.3. The molecule has 3 rings (SSSR count). The van der Waals surface area contributed by atoms with Crippen LogP contribution in [-0.4, -0.2) is 16.5 Å². The summed E-state index contributed by atoms with van der Waals surface area (Å²) in [5, 5.41) is 15.7. The molecule has 1 N–H and O–H groups in total. The van der Waals surface area contributed by atoms with Gasteiger partial charge in [-0.25, -0.2) is 4.98 Å². The van der Waals surface area contributed by atoms with Crippen molar-refractivity contribution in [2.24, 2.45) is 5.41 Å². The lowest BCUT2D eigenvalue weighted by Crippen LogP contribution is -2.26. The predicted octanol–water partition coefficient (Wildman–Crippen LogP) is 6.27. The van der Waals surface area contributed by atoms with E-state index in [0.29, 0.717) is 31.1 Å². The first-order valence-electron chi connectivity index (χ1n) is 10.9. The highest BCUT2D eigenvalue weighted by Gasteiger charge is 2.30. The Morgan fingerprint density at radius 3 is 1.88 bits per heavy atom. The van der Waals surface area contributed by atoms with Gasteiger partial charge in [0.15, 0.2) is 0 Å². The molecule has 0 amide bonds. The van der Waals surface area contributed by atoms with Crippen molar-refractivity contribution in [1.82, 2.24) is 4.98 Å². The largest absolute Gasteiger partial charge is 0.379 e. The molecule has 1 aromatic heterocycles. The summed E-state index contributed by atoms with van der Waals surface area (Å²) in [6, 6.07) is 20.0. The second-order valence-electron chi connectivity index (χ2n) is 9.37. The quantitative estimate of drug-likeness (QED) is 0.335. The van der Waals surface area contributed by atoms with Crippen LogP contribution >= 0.6 is 0 Å². The minimum Gasteiger partial charge on any atom is -0.379 e. The van der Waals surface area contributed by atoms with Gasteiger partial charge < -0.3 is 10.2 Å². The number of aromatic nitrogens is 1.